The van der Waals surface area contributed by atoms with Gasteiger partial charge in [-0.2, -0.15) is 5.26 Å². The Bertz CT molecular complexity index is 1340. The Labute approximate surface area is 220 Å². The number of carbonyl (C=O) groups is 3. The van der Waals surface area contributed by atoms with Crippen LogP contribution in [0, 0.1) is 23.1 Å². The highest BCUT2D eigenvalue weighted by Crippen LogP contribution is 2.43. The number of amides is 2. The summed E-state index contributed by atoms with van der Waals surface area (Å²) in [6, 6.07) is 10.3. The standard InChI is InChI=1S/C29H30FN3O5/c1-29(2,3)38-28(36)33-22-8-6-19(12-22)25(33)26(34)32-21(14-31)11-18-5-4-17(13-24(18)30)16-7-9-23-20(10-16)15-37-27(23)35/h4-5,7,9-10,13,19,21-22,25H,6,8,11-12,15H2,1-3H3,(H,32,34)/t19?,21-,22?,25?/m0/s1. The van der Waals surface area contributed by atoms with Crippen LogP contribution in [0.2, 0.25) is 0 Å². The van der Waals surface area contributed by atoms with Crippen molar-refractivity contribution in [2.24, 2.45) is 5.92 Å². The van der Waals surface area contributed by atoms with E-state index in [0.717, 1.165) is 30.4 Å². The highest BCUT2D eigenvalue weighted by molar-refractivity contribution is 5.94. The second-order valence-electron chi connectivity index (χ2n) is 11.2. The number of fused-ring (bicyclic) bond motifs is 3. The van der Waals surface area contributed by atoms with E-state index >= 15 is 4.39 Å². The van der Waals surface area contributed by atoms with E-state index < -0.39 is 35.5 Å². The maximum atomic E-state index is 15.1. The number of esters is 1. The zero-order valence-electron chi connectivity index (χ0n) is 21.6. The molecule has 2 bridgehead atoms. The molecule has 2 fully saturated rings. The molecule has 2 heterocycles. The number of rotatable bonds is 5. The van der Waals surface area contributed by atoms with Crippen molar-refractivity contribution in [1.29, 1.82) is 5.26 Å². The molecule has 1 saturated heterocycles. The van der Waals surface area contributed by atoms with Crippen LogP contribution in [0.1, 0.15) is 61.5 Å². The molecule has 9 heteroatoms. The summed E-state index contributed by atoms with van der Waals surface area (Å²) in [6.45, 7) is 5.53. The number of nitriles is 1. The largest absolute Gasteiger partial charge is 0.457 e. The first-order valence-electron chi connectivity index (χ1n) is 12.8. The molecule has 1 aliphatic carbocycles. The fraction of sp³-hybridized carbons (Fsp3) is 0.448. The topological polar surface area (TPSA) is 109 Å². The molecular weight excluding hydrogens is 489 g/mol. The molecule has 2 aromatic carbocycles. The second-order valence-corrected chi connectivity index (χ2v) is 11.2. The van der Waals surface area contributed by atoms with Gasteiger partial charge in [0.25, 0.3) is 0 Å². The fourth-order valence-corrected chi connectivity index (χ4v) is 5.71. The van der Waals surface area contributed by atoms with Gasteiger partial charge in [-0.1, -0.05) is 18.2 Å². The van der Waals surface area contributed by atoms with E-state index in [1.165, 1.54) is 11.0 Å². The average Bonchev–Trinajstić information content (AvgIpc) is 3.58. The van der Waals surface area contributed by atoms with E-state index in [1.54, 1.807) is 51.1 Å². The van der Waals surface area contributed by atoms with E-state index in [-0.39, 0.29) is 36.5 Å². The maximum Gasteiger partial charge on any atom is 0.411 e. The lowest BCUT2D eigenvalue weighted by atomic mass is 9.96. The molecule has 4 atom stereocenters. The zero-order chi connectivity index (χ0) is 27.2. The quantitative estimate of drug-likeness (QED) is 0.583. The first-order valence-corrected chi connectivity index (χ1v) is 12.8. The Morgan fingerprint density at radius 3 is 2.66 bits per heavy atom. The Hall–Kier alpha value is -3.93. The summed E-state index contributed by atoms with van der Waals surface area (Å²) in [5.74, 6) is -1.27. The summed E-state index contributed by atoms with van der Waals surface area (Å²) >= 11 is 0. The lowest BCUT2D eigenvalue weighted by molar-refractivity contribution is -0.128. The minimum Gasteiger partial charge on any atom is -0.457 e. The molecule has 2 amide bonds. The Kier molecular flexibility index (Phi) is 6.59. The summed E-state index contributed by atoms with van der Waals surface area (Å²) in [4.78, 5) is 39.3. The van der Waals surface area contributed by atoms with Crippen LogP contribution in [0.3, 0.4) is 0 Å². The van der Waals surface area contributed by atoms with Crippen LogP contribution in [0.25, 0.3) is 11.1 Å². The van der Waals surface area contributed by atoms with Crippen LogP contribution in [0.5, 0.6) is 0 Å². The van der Waals surface area contributed by atoms with E-state index in [0.29, 0.717) is 11.1 Å². The number of hydrogen-bond donors (Lipinski definition) is 1. The number of nitrogens with zero attached hydrogens (tertiary/aromatic N) is 2. The molecule has 38 heavy (non-hydrogen) atoms. The molecule has 2 aromatic rings. The smallest absolute Gasteiger partial charge is 0.411 e. The number of halogens is 1. The van der Waals surface area contributed by atoms with Gasteiger partial charge in [0, 0.05) is 18.0 Å². The second kappa shape index (κ2) is 9.75. The number of ether oxygens (including phenoxy) is 2. The van der Waals surface area contributed by atoms with Gasteiger partial charge in [-0.25, -0.2) is 14.0 Å². The molecular formula is C29H30FN3O5. The minimum atomic E-state index is -0.967. The molecule has 5 rings (SSSR count). The molecule has 198 valence electrons. The van der Waals surface area contributed by atoms with Crippen molar-refractivity contribution in [3.63, 3.8) is 0 Å². The van der Waals surface area contributed by atoms with Crippen molar-refractivity contribution >= 4 is 18.0 Å². The number of benzene rings is 2. The first kappa shape index (κ1) is 25.7. The highest BCUT2D eigenvalue weighted by Gasteiger charge is 2.52. The van der Waals surface area contributed by atoms with Gasteiger partial charge >= 0.3 is 12.1 Å². The zero-order valence-corrected chi connectivity index (χ0v) is 21.6. The van der Waals surface area contributed by atoms with Crippen LogP contribution in [-0.2, 0) is 27.3 Å². The molecule has 1 N–H and O–H groups in total. The lowest BCUT2D eigenvalue weighted by Crippen LogP contribution is -2.55. The minimum absolute atomic E-state index is 0.0101. The number of hydrogen-bond acceptors (Lipinski definition) is 6. The monoisotopic (exact) mass is 519 g/mol. The van der Waals surface area contributed by atoms with Crippen molar-refractivity contribution in [3.05, 3.63) is 58.9 Å². The van der Waals surface area contributed by atoms with Crippen LogP contribution >= 0.6 is 0 Å². The van der Waals surface area contributed by atoms with E-state index in [4.69, 9.17) is 9.47 Å². The van der Waals surface area contributed by atoms with Crippen LogP contribution in [0.4, 0.5) is 9.18 Å². The molecule has 2 aliphatic heterocycles. The molecule has 3 aliphatic rings. The molecule has 8 nitrogen and oxygen atoms in total. The van der Waals surface area contributed by atoms with Gasteiger partial charge in [-0.15, -0.1) is 0 Å². The Morgan fingerprint density at radius 1 is 1.21 bits per heavy atom. The number of likely N-dealkylation sites (tertiary alicyclic amines) is 1. The summed E-state index contributed by atoms with van der Waals surface area (Å²) in [6.07, 6.45) is 1.84. The van der Waals surface area contributed by atoms with Crippen LogP contribution in [-0.4, -0.2) is 46.6 Å². The number of cyclic esters (lactones) is 1. The molecule has 0 radical (unpaired) electrons. The van der Waals surface area contributed by atoms with Crippen molar-refractivity contribution in [2.45, 2.75) is 76.8 Å². The lowest BCUT2D eigenvalue weighted by Gasteiger charge is -2.35. The van der Waals surface area contributed by atoms with Gasteiger partial charge in [0.15, 0.2) is 0 Å². The maximum absolute atomic E-state index is 15.1. The third-order valence-corrected chi connectivity index (χ3v) is 7.42. The molecule has 3 unspecified atom stereocenters. The van der Waals surface area contributed by atoms with Gasteiger partial charge in [0.1, 0.15) is 30.1 Å². The van der Waals surface area contributed by atoms with Gasteiger partial charge < -0.3 is 14.8 Å². The third-order valence-electron chi connectivity index (χ3n) is 7.42. The Morgan fingerprint density at radius 2 is 1.95 bits per heavy atom. The van der Waals surface area contributed by atoms with E-state index in [9.17, 15) is 19.6 Å². The van der Waals surface area contributed by atoms with Crippen LogP contribution in [0.15, 0.2) is 36.4 Å². The SMILES string of the molecule is CC(C)(C)OC(=O)N1C2CCC(C2)C1C(=O)N[C@H](C#N)Cc1ccc(-c2ccc3c(c2)COC3=O)cc1F. The van der Waals surface area contributed by atoms with Gasteiger partial charge in [-0.05, 0) is 80.8 Å². The summed E-state index contributed by atoms with van der Waals surface area (Å²) in [7, 11) is 0. The summed E-state index contributed by atoms with van der Waals surface area (Å²) in [5, 5.41) is 12.5. The summed E-state index contributed by atoms with van der Waals surface area (Å²) < 4.78 is 25.7. The van der Waals surface area contributed by atoms with Crippen molar-refractivity contribution in [2.75, 3.05) is 0 Å². The predicted octanol–water partition coefficient (Wildman–Crippen LogP) is 4.50. The van der Waals surface area contributed by atoms with Gasteiger partial charge in [-0.3, -0.25) is 9.69 Å². The fourth-order valence-electron chi connectivity index (χ4n) is 5.71. The molecule has 1 saturated carbocycles. The number of piperidine rings is 1. The van der Waals surface area contributed by atoms with E-state index in [1.807, 2.05) is 0 Å². The predicted molar refractivity (Wildman–Crippen MR) is 135 cm³/mol. The third kappa shape index (κ3) is 4.95. The average molecular weight is 520 g/mol. The van der Waals surface area contributed by atoms with E-state index in [2.05, 4.69) is 11.4 Å². The van der Waals surface area contributed by atoms with Crippen molar-refractivity contribution in [1.82, 2.24) is 10.2 Å². The normalized spacial score (nSPS) is 22.4. The molecule has 0 aromatic heterocycles. The van der Waals surface area contributed by atoms with Crippen LogP contribution < -0.4 is 5.32 Å². The highest BCUT2D eigenvalue weighted by atomic mass is 19.1. The first-order chi connectivity index (χ1) is 18.0. The summed E-state index contributed by atoms with van der Waals surface area (Å²) in [5.41, 5.74) is 2.24. The van der Waals surface area contributed by atoms with Gasteiger partial charge in [0.2, 0.25) is 5.91 Å². The van der Waals surface area contributed by atoms with Crippen molar-refractivity contribution in [3.8, 4) is 17.2 Å². The van der Waals surface area contributed by atoms with Gasteiger partial charge in [0.05, 0.1) is 11.6 Å². The number of nitrogens with one attached hydrogen (secondary N) is 1. The molecule has 0 spiro atoms. The Balaban J connectivity index is 1.28. The van der Waals surface area contributed by atoms with Crippen molar-refractivity contribution < 1.29 is 28.2 Å². The number of carbonyl (C=O) groups excluding carboxylic acids is 3.